The standard InChI is InChI=1S/C21H17N5O/c22-12-14-5-7-15(8-6-14)21-24-20(25-27-21)16-9-10-19-18(11-16)23-13-26(19)17-3-1-2-4-17/h5-11,13,17H,1-4H2. The second kappa shape index (κ2) is 6.36. The van der Waals surface area contributed by atoms with Crippen molar-refractivity contribution >= 4 is 11.0 Å². The van der Waals surface area contributed by atoms with Crippen LogP contribution < -0.4 is 0 Å². The highest BCUT2D eigenvalue weighted by Crippen LogP contribution is 2.33. The highest BCUT2D eigenvalue weighted by molar-refractivity contribution is 5.81. The van der Waals surface area contributed by atoms with Crippen LogP contribution >= 0.6 is 0 Å². The van der Waals surface area contributed by atoms with Crippen molar-refractivity contribution in [1.82, 2.24) is 19.7 Å². The van der Waals surface area contributed by atoms with Crippen LogP contribution in [0.15, 0.2) is 53.3 Å². The second-order valence-corrected chi connectivity index (χ2v) is 6.91. The largest absolute Gasteiger partial charge is 0.334 e. The van der Waals surface area contributed by atoms with Gasteiger partial charge in [-0.15, -0.1) is 0 Å². The maximum Gasteiger partial charge on any atom is 0.258 e. The Bertz CT molecular complexity index is 1140. The Hall–Kier alpha value is -3.46. The van der Waals surface area contributed by atoms with Crippen molar-refractivity contribution in [2.75, 3.05) is 0 Å². The summed E-state index contributed by atoms with van der Waals surface area (Å²) in [4.78, 5) is 9.08. The van der Waals surface area contributed by atoms with E-state index in [0.29, 0.717) is 23.3 Å². The average Bonchev–Trinajstić information content (AvgIpc) is 3.47. The molecule has 1 aliphatic rings. The van der Waals surface area contributed by atoms with Crippen molar-refractivity contribution in [1.29, 1.82) is 5.26 Å². The first-order valence-electron chi connectivity index (χ1n) is 9.13. The quantitative estimate of drug-likeness (QED) is 0.530. The summed E-state index contributed by atoms with van der Waals surface area (Å²) < 4.78 is 7.70. The minimum absolute atomic E-state index is 0.436. The number of hydrogen-bond donors (Lipinski definition) is 0. The number of imidazole rings is 1. The number of hydrogen-bond acceptors (Lipinski definition) is 5. The SMILES string of the molecule is N#Cc1ccc(-c2nc(-c3ccc4c(c3)ncn4C3CCCC3)no2)cc1. The zero-order valence-corrected chi connectivity index (χ0v) is 14.7. The lowest BCUT2D eigenvalue weighted by molar-refractivity contribution is 0.432. The van der Waals surface area contributed by atoms with Gasteiger partial charge < -0.3 is 9.09 Å². The molecular formula is C21H17N5O. The van der Waals surface area contributed by atoms with Crippen LogP contribution in [0, 0.1) is 11.3 Å². The molecule has 2 heterocycles. The highest BCUT2D eigenvalue weighted by Gasteiger charge is 2.19. The van der Waals surface area contributed by atoms with Crippen LogP contribution in [-0.4, -0.2) is 19.7 Å². The minimum Gasteiger partial charge on any atom is -0.334 e. The molecule has 0 amide bonds. The van der Waals surface area contributed by atoms with Gasteiger partial charge in [-0.25, -0.2) is 4.98 Å². The van der Waals surface area contributed by atoms with E-state index in [1.54, 1.807) is 12.1 Å². The highest BCUT2D eigenvalue weighted by atomic mass is 16.5. The van der Waals surface area contributed by atoms with Crippen LogP contribution in [0.2, 0.25) is 0 Å². The molecule has 2 aromatic heterocycles. The predicted molar refractivity (Wildman–Crippen MR) is 101 cm³/mol. The van der Waals surface area contributed by atoms with E-state index < -0.39 is 0 Å². The van der Waals surface area contributed by atoms with E-state index in [1.165, 1.54) is 25.7 Å². The topological polar surface area (TPSA) is 80.5 Å². The second-order valence-electron chi connectivity index (χ2n) is 6.91. The maximum absolute atomic E-state index is 8.90. The molecule has 5 rings (SSSR count). The number of aromatic nitrogens is 4. The van der Waals surface area contributed by atoms with Crippen molar-refractivity contribution in [3.05, 3.63) is 54.4 Å². The summed E-state index contributed by atoms with van der Waals surface area (Å²) in [5.74, 6) is 0.970. The Morgan fingerprint density at radius 1 is 1.04 bits per heavy atom. The average molecular weight is 355 g/mol. The van der Waals surface area contributed by atoms with Gasteiger partial charge in [0.15, 0.2) is 0 Å². The summed E-state index contributed by atoms with van der Waals surface area (Å²) in [6.45, 7) is 0. The van der Waals surface area contributed by atoms with Crippen LogP contribution in [-0.2, 0) is 0 Å². The first-order valence-corrected chi connectivity index (χ1v) is 9.13. The third-order valence-corrected chi connectivity index (χ3v) is 5.24. The summed E-state index contributed by atoms with van der Waals surface area (Å²) in [7, 11) is 0. The Labute approximate surface area is 156 Å². The number of fused-ring (bicyclic) bond motifs is 1. The van der Waals surface area contributed by atoms with Crippen LogP contribution in [0.25, 0.3) is 33.9 Å². The molecule has 4 aromatic rings. The van der Waals surface area contributed by atoms with Crippen molar-refractivity contribution in [3.63, 3.8) is 0 Å². The lowest BCUT2D eigenvalue weighted by Crippen LogP contribution is -2.02. The smallest absolute Gasteiger partial charge is 0.258 e. The van der Waals surface area contributed by atoms with Crippen molar-refractivity contribution in [2.45, 2.75) is 31.7 Å². The van der Waals surface area contributed by atoms with E-state index in [4.69, 9.17) is 9.78 Å². The van der Waals surface area contributed by atoms with Gasteiger partial charge >= 0.3 is 0 Å². The lowest BCUT2D eigenvalue weighted by atomic mass is 10.1. The summed E-state index contributed by atoms with van der Waals surface area (Å²) in [5.41, 5.74) is 4.37. The molecule has 0 spiro atoms. The molecule has 0 bridgehead atoms. The number of rotatable bonds is 3. The Kier molecular flexibility index (Phi) is 3.72. The molecule has 0 radical (unpaired) electrons. The van der Waals surface area contributed by atoms with Gasteiger partial charge in [-0.2, -0.15) is 10.2 Å². The summed E-state index contributed by atoms with van der Waals surface area (Å²) in [6.07, 6.45) is 6.99. The van der Waals surface area contributed by atoms with Crippen molar-refractivity contribution in [3.8, 4) is 28.9 Å². The van der Waals surface area contributed by atoms with E-state index >= 15 is 0 Å². The predicted octanol–water partition coefficient (Wildman–Crippen LogP) is 4.74. The van der Waals surface area contributed by atoms with Crippen LogP contribution in [0.3, 0.4) is 0 Å². The van der Waals surface area contributed by atoms with Gasteiger partial charge in [0.2, 0.25) is 5.82 Å². The van der Waals surface area contributed by atoms with E-state index in [-0.39, 0.29) is 0 Å². The van der Waals surface area contributed by atoms with E-state index in [2.05, 4.69) is 31.8 Å². The minimum atomic E-state index is 0.436. The van der Waals surface area contributed by atoms with E-state index in [1.807, 2.05) is 30.6 Å². The molecule has 6 heteroatoms. The lowest BCUT2D eigenvalue weighted by Gasteiger charge is -2.11. The van der Waals surface area contributed by atoms with E-state index in [0.717, 1.165) is 22.2 Å². The summed E-state index contributed by atoms with van der Waals surface area (Å²) >= 11 is 0. The van der Waals surface area contributed by atoms with Gasteiger partial charge in [-0.3, -0.25) is 0 Å². The third kappa shape index (κ3) is 2.77. The van der Waals surface area contributed by atoms with Gasteiger partial charge in [0, 0.05) is 17.2 Å². The monoisotopic (exact) mass is 355 g/mol. The van der Waals surface area contributed by atoms with Crippen molar-refractivity contribution in [2.24, 2.45) is 0 Å². The van der Waals surface area contributed by atoms with Gasteiger partial charge in [0.1, 0.15) is 0 Å². The molecular weight excluding hydrogens is 338 g/mol. The van der Waals surface area contributed by atoms with Gasteiger partial charge in [0.05, 0.1) is 29.0 Å². The zero-order chi connectivity index (χ0) is 18.2. The normalized spacial score (nSPS) is 14.6. The molecule has 2 aromatic carbocycles. The van der Waals surface area contributed by atoms with Gasteiger partial charge in [0.25, 0.3) is 5.89 Å². The van der Waals surface area contributed by atoms with Crippen molar-refractivity contribution < 1.29 is 4.52 Å². The molecule has 1 saturated carbocycles. The fraction of sp³-hybridized carbons (Fsp3) is 0.238. The van der Waals surface area contributed by atoms with Gasteiger partial charge in [-0.1, -0.05) is 18.0 Å². The molecule has 1 aliphatic carbocycles. The molecule has 0 N–H and O–H groups in total. The molecule has 132 valence electrons. The van der Waals surface area contributed by atoms with E-state index in [9.17, 15) is 0 Å². The molecule has 27 heavy (non-hydrogen) atoms. The first-order chi connectivity index (χ1) is 13.3. The van der Waals surface area contributed by atoms with Gasteiger partial charge in [-0.05, 0) is 55.3 Å². The molecule has 0 unspecified atom stereocenters. The number of benzene rings is 2. The zero-order valence-electron chi connectivity index (χ0n) is 14.7. The Morgan fingerprint density at radius 3 is 2.59 bits per heavy atom. The van der Waals surface area contributed by atoms with Crippen LogP contribution in [0.1, 0.15) is 37.3 Å². The Balaban J connectivity index is 1.47. The third-order valence-electron chi connectivity index (χ3n) is 5.24. The Morgan fingerprint density at radius 2 is 1.81 bits per heavy atom. The number of nitriles is 1. The summed E-state index contributed by atoms with van der Waals surface area (Å²) in [5, 5.41) is 13.0. The molecule has 0 aliphatic heterocycles. The van der Waals surface area contributed by atoms with Crippen LogP contribution in [0.4, 0.5) is 0 Å². The fourth-order valence-corrected chi connectivity index (χ4v) is 3.79. The maximum atomic E-state index is 8.90. The number of nitrogens with zero attached hydrogens (tertiary/aromatic N) is 5. The molecule has 0 atom stereocenters. The van der Waals surface area contributed by atoms with Crippen LogP contribution in [0.5, 0.6) is 0 Å². The molecule has 6 nitrogen and oxygen atoms in total. The summed E-state index contributed by atoms with van der Waals surface area (Å²) in [6, 6.07) is 15.9. The fourth-order valence-electron chi connectivity index (χ4n) is 3.79. The first kappa shape index (κ1) is 15.8. The molecule has 0 saturated heterocycles. The molecule has 1 fully saturated rings.